The second-order valence-electron chi connectivity index (χ2n) is 5.56. The molecular weight excluding hydrogens is 228 g/mol. The van der Waals surface area contributed by atoms with E-state index in [1.54, 1.807) is 0 Å². The van der Waals surface area contributed by atoms with E-state index in [-0.39, 0.29) is 5.54 Å². The van der Waals surface area contributed by atoms with Crippen LogP contribution in [-0.4, -0.2) is 11.0 Å². The highest BCUT2D eigenvalue weighted by atomic mass is 32.1. The molecule has 1 saturated carbocycles. The average Bonchev–Trinajstić information content (AvgIpc) is 3.04. The predicted molar refractivity (Wildman–Crippen MR) is 74.6 cm³/mol. The number of aryl methyl sites for hydroxylation is 2. The Bertz CT molecular complexity index is 373. The molecule has 1 aromatic heterocycles. The highest BCUT2D eigenvalue weighted by Gasteiger charge is 2.47. The number of aromatic nitrogens is 1. The van der Waals surface area contributed by atoms with E-state index in [1.807, 2.05) is 11.3 Å². The van der Waals surface area contributed by atoms with Crippen LogP contribution in [0.4, 0.5) is 0 Å². The Labute approximate surface area is 109 Å². The zero-order valence-corrected chi connectivity index (χ0v) is 12.4. The average molecular weight is 252 g/mol. The van der Waals surface area contributed by atoms with E-state index in [1.165, 1.54) is 28.4 Å². The van der Waals surface area contributed by atoms with Crippen LogP contribution in [0.2, 0.25) is 0 Å². The predicted octanol–water partition coefficient (Wildman–Crippen LogP) is 3.77. The van der Waals surface area contributed by atoms with Gasteiger partial charge in [-0.1, -0.05) is 6.92 Å². The van der Waals surface area contributed by atoms with Crippen LogP contribution >= 0.6 is 11.3 Å². The summed E-state index contributed by atoms with van der Waals surface area (Å²) in [5.74, 6) is 0.792. The molecular formula is C14H24N2S. The lowest BCUT2D eigenvalue weighted by Crippen LogP contribution is -2.47. The fourth-order valence-electron chi connectivity index (χ4n) is 2.65. The Morgan fingerprint density at radius 1 is 1.41 bits per heavy atom. The van der Waals surface area contributed by atoms with Crippen LogP contribution in [0.5, 0.6) is 0 Å². The van der Waals surface area contributed by atoms with Gasteiger partial charge in [-0.05, 0) is 52.9 Å². The molecule has 0 radical (unpaired) electrons. The van der Waals surface area contributed by atoms with Gasteiger partial charge < -0.3 is 5.32 Å². The molecule has 0 spiro atoms. The Kier molecular flexibility index (Phi) is 3.60. The van der Waals surface area contributed by atoms with Crippen LogP contribution in [0.3, 0.4) is 0 Å². The molecule has 0 bridgehead atoms. The Hall–Kier alpha value is -0.410. The van der Waals surface area contributed by atoms with Gasteiger partial charge >= 0.3 is 0 Å². The summed E-state index contributed by atoms with van der Waals surface area (Å²) in [7, 11) is 0. The van der Waals surface area contributed by atoms with Gasteiger partial charge in [0.15, 0.2) is 0 Å². The maximum Gasteiger partial charge on any atom is 0.114 e. The Morgan fingerprint density at radius 3 is 2.41 bits per heavy atom. The third kappa shape index (κ3) is 2.41. The number of hydrogen-bond donors (Lipinski definition) is 1. The van der Waals surface area contributed by atoms with E-state index < -0.39 is 0 Å². The molecule has 0 aliphatic heterocycles. The van der Waals surface area contributed by atoms with Gasteiger partial charge in [-0.25, -0.2) is 4.98 Å². The molecule has 1 aromatic rings. The van der Waals surface area contributed by atoms with Crippen molar-refractivity contribution in [2.45, 2.75) is 65.5 Å². The van der Waals surface area contributed by atoms with E-state index in [9.17, 15) is 0 Å². The van der Waals surface area contributed by atoms with Crippen molar-refractivity contribution in [2.24, 2.45) is 5.92 Å². The van der Waals surface area contributed by atoms with Gasteiger partial charge in [-0.15, -0.1) is 11.3 Å². The molecule has 0 aromatic carbocycles. The smallest absolute Gasteiger partial charge is 0.114 e. The first-order valence-electron chi connectivity index (χ1n) is 6.71. The third-order valence-electron chi connectivity index (χ3n) is 3.79. The summed E-state index contributed by atoms with van der Waals surface area (Å²) in [6.07, 6.45) is 3.85. The molecule has 17 heavy (non-hydrogen) atoms. The fourth-order valence-corrected chi connectivity index (χ4v) is 3.87. The first-order chi connectivity index (χ1) is 7.99. The summed E-state index contributed by atoms with van der Waals surface area (Å²) in [5.41, 5.74) is 1.34. The molecule has 1 N–H and O–H groups in total. The van der Waals surface area contributed by atoms with Crippen molar-refractivity contribution in [3.63, 3.8) is 0 Å². The van der Waals surface area contributed by atoms with Gasteiger partial charge in [-0.2, -0.15) is 0 Å². The summed E-state index contributed by atoms with van der Waals surface area (Å²) >= 11 is 1.88. The van der Waals surface area contributed by atoms with Crippen LogP contribution in [0.25, 0.3) is 0 Å². The molecule has 2 rings (SSSR count). The van der Waals surface area contributed by atoms with Gasteiger partial charge in [0.25, 0.3) is 0 Å². The van der Waals surface area contributed by atoms with Crippen molar-refractivity contribution in [1.29, 1.82) is 0 Å². The van der Waals surface area contributed by atoms with Gasteiger partial charge in [0.1, 0.15) is 5.01 Å². The van der Waals surface area contributed by atoms with Crippen molar-refractivity contribution < 1.29 is 0 Å². The number of nitrogens with zero attached hydrogens (tertiary/aromatic N) is 1. The van der Waals surface area contributed by atoms with Crippen LogP contribution in [0.1, 0.15) is 55.6 Å². The van der Waals surface area contributed by atoms with E-state index in [4.69, 9.17) is 4.98 Å². The Morgan fingerprint density at radius 2 is 2.06 bits per heavy atom. The summed E-state index contributed by atoms with van der Waals surface area (Å²) in [6, 6.07) is 0.514. The molecule has 0 saturated heterocycles. The molecule has 1 unspecified atom stereocenters. The monoisotopic (exact) mass is 252 g/mol. The zero-order chi connectivity index (χ0) is 12.6. The maximum absolute atomic E-state index is 4.82. The molecule has 1 fully saturated rings. The quantitative estimate of drug-likeness (QED) is 0.863. The minimum absolute atomic E-state index is 0.137. The van der Waals surface area contributed by atoms with E-state index in [2.05, 4.69) is 39.9 Å². The SMILES string of the molecule is CCC(NC(C)C)(c1nc(C)c(C)s1)C1CC1. The van der Waals surface area contributed by atoms with Gasteiger partial charge in [-0.3, -0.25) is 0 Å². The van der Waals surface area contributed by atoms with Crippen molar-refractivity contribution in [3.8, 4) is 0 Å². The lowest BCUT2D eigenvalue weighted by molar-refractivity contribution is 0.252. The summed E-state index contributed by atoms with van der Waals surface area (Å²) < 4.78 is 0. The molecule has 1 atom stereocenters. The molecule has 0 amide bonds. The normalized spacial score (nSPS) is 19.6. The van der Waals surface area contributed by atoms with E-state index >= 15 is 0 Å². The summed E-state index contributed by atoms with van der Waals surface area (Å²) in [6.45, 7) is 11.1. The standard InChI is InChI=1S/C14H24N2S/c1-6-14(12-7-8-12,16-9(2)3)13-15-10(4)11(5)17-13/h9,12,16H,6-8H2,1-5H3. The lowest BCUT2D eigenvalue weighted by atomic mass is 9.89. The Balaban J connectivity index is 2.37. The molecule has 1 heterocycles. The molecule has 1 aliphatic carbocycles. The van der Waals surface area contributed by atoms with Crippen LogP contribution in [0, 0.1) is 19.8 Å². The van der Waals surface area contributed by atoms with Crippen molar-refractivity contribution in [3.05, 3.63) is 15.6 Å². The minimum atomic E-state index is 0.137. The topological polar surface area (TPSA) is 24.9 Å². The first-order valence-corrected chi connectivity index (χ1v) is 7.53. The maximum atomic E-state index is 4.82. The van der Waals surface area contributed by atoms with Crippen molar-refractivity contribution in [1.82, 2.24) is 10.3 Å². The molecule has 96 valence electrons. The van der Waals surface area contributed by atoms with Crippen molar-refractivity contribution in [2.75, 3.05) is 0 Å². The van der Waals surface area contributed by atoms with Gasteiger partial charge in [0.05, 0.1) is 11.2 Å². The molecule has 1 aliphatic rings. The molecule has 3 heteroatoms. The zero-order valence-electron chi connectivity index (χ0n) is 11.6. The largest absolute Gasteiger partial charge is 0.303 e. The second-order valence-corrected chi connectivity index (χ2v) is 6.76. The minimum Gasteiger partial charge on any atom is -0.303 e. The van der Waals surface area contributed by atoms with Crippen LogP contribution < -0.4 is 5.32 Å². The summed E-state index contributed by atoms with van der Waals surface area (Å²) in [4.78, 5) is 6.19. The highest BCUT2D eigenvalue weighted by Crippen LogP contribution is 2.49. The number of nitrogens with one attached hydrogen (secondary N) is 1. The number of thiazole rings is 1. The summed E-state index contributed by atoms with van der Waals surface area (Å²) in [5, 5.41) is 5.12. The second kappa shape index (κ2) is 4.69. The lowest BCUT2D eigenvalue weighted by Gasteiger charge is -2.34. The van der Waals surface area contributed by atoms with Crippen LogP contribution in [-0.2, 0) is 5.54 Å². The van der Waals surface area contributed by atoms with Crippen LogP contribution in [0.15, 0.2) is 0 Å². The third-order valence-corrected chi connectivity index (χ3v) is 5.04. The highest BCUT2D eigenvalue weighted by molar-refractivity contribution is 7.11. The fraction of sp³-hybridized carbons (Fsp3) is 0.786. The van der Waals surface area contributed by atoms with E-state index in [0.717, 1.165) is 12.3 Å². The van der Waals surface area contributed by atoms with Gasteiger partial charge in [0.2, 0.25) is 0 Å². The first kappa shape index (κ1) is 13.0. The van der Waals surface area contributed by atoms with Gasteiger partial charge in [0, 0.05) is 10.9 Å². The molecule has 2 nitrogen and oxygen atoms in total. The number of hydrogen-bond acceptors (Lipinski definition) is 3. The van der Waals surface area contributed by atoms with Crippen molar-refractivity contribution >= 4 is 11.3 Å². The number of rotatable bonds is 5. The van der Waals surface area contributed by atoms with E-state index in [0.29, 0.717) is 6.04 Å².